The summed E-state index contributed by atoms with van der Waals surface area (Å²) in [7, 11) is 1.62. The Bertz CT molecular complexity index is 925. The number of rotatable bonds is 4. The Morgan fingerprint density at radius 2 is 1.56 bits per heavy atom. The standard InChI is InChI=1S/C27H40N2O3/c1-16-13-19(26(2,3)4)23(20(14-16)27(5,6)7)32-25(30)22-18(15-29-24(22)28)17-11-9-10-12-21(17)31-8/h9-12,15-16,19-20,23,29H,13-14,28H2,1-8H3. The predicted octanol–water partition coefficient (Wildman–Crippen LogP) is 6.55. The number of carbonyl (C=O) groups is 1. The van der Waals surface area contributed by atoms with Crippen molar-refractivity contribution >= 4 is 11.8 Å². The van der Waals surface area contributed by atoms with Gasteiger partial charge >= 0.3 is 5.97 Å². The van der Waals surface area contributed by atoms with Crippen LogP contribution in [0.15, 0.2) is 30.5 Å². The fourth-order valence-electron chi connectivity index (χ4n) is 5.29. The number of esters is 1. The molecule has 1 fully saturated rings. The monoisotopic (exact) mass is 440 g/mol. The van der Waals surface area contributed by atoms with E-state index >= 15 is 0 Å². The minimum atomic E-state index is -0.368. The molecule has 0 radical (unpaired) electrons. The van der Waals surface area contributed by atoms with Crippen LogP contribution in [0.3, 0.4) is 0 Å². The zero-order valence-corrected chi connectivity index (χ0v) is 20.9. The van der Waals surface area contributed by atoms with E-state index < -0.39 is 0 Å². The fraction of sp³-hybridized carbons (Fsp3) is 0.593. The molecule has 1 aromatic carbocycles. The van der Waals surface area contributed by atoms with Crippen molar-refractivity contribution in [3.8, 4) is 16.9 Å². The molecule has 32 heavy (non-hydrogen) atoms. The molecule has 0 bridgehead atoms. The van der Waals surface area contributed by atoms with Gasteiger partial charge in [-0.2, -0.15) is 0 Å². The molecule has 0 saturated heterocycles. The molecular weight excluding hydrogens is 400 g/mol. The lowest BCUT2D eigenvalue weighted by atomic mass is 9.59. The van der Waals surface area contributed by atoms with Crippen LogP contribution in [0.4, 0.5) is 5.82 Å². The summed E-state index contributed by atoms with van der Waals surface area (Å²) >= 11 is 0. The molecule has 2 atom stereocenters. The number of hydrogen-bond donors (Lipinski definition) is 2. The van der Waals surface area contributed by atoms with Crippen LogP contribution in [-0.4, -0.2) is 24.2 Å². The summed E-state index contributed by atoms with van der Waals surface area (Å²) in [6, 6.07) is 7.63. The van der Waals surface area contributed by atoms with Crippen molar-refractivity contribution in [2.75, 3.05) is 12.8 Å². The lowest BCUT2D eigenvalue weighted by Crippen LogP contribution is -2.49. The minimum Gasteiger partial charge on any atom is -0.496 e. The third-order valence-electron chi connectivity index (χ3n) is 7.09. The Kier molecular flexibility index (Phi) is 6.69. The molecule has 0 amide bonds. The van der Waals surface area contributed by atoms with E-state index in [2.05, 4.69) is 53.5 Å². The van der Waals surface area contributed by atoms with E-state index in [-0.39, 0.29) is 34.7 Å². The van der Waals surface area contributed by atoms with Crippen molar-refractivity contribution < 1.29 is 14.3 Å². The molecular formula is C27H40N2O3. The van der Waals surface area contributed by atoms with Crippen LogP contribution in [0, 0.1) is 28.6 Å². The smallest absolute Gasteiger partial charge is 0.342 e. The molecule has 2 unspecified atom stereocenters. The van der Waals surface area contributed by atoms with Crippen LogP contribution in [-0.2, 0) is 4.74 Å². The van der Waals surface area contributed by atoms with Crippen LogP contribution in [0.1, 0.15) is 71.7 Å². The third kappa shape index (κ3) is 4.82. The number of nitrogens with one attached hydrogen (secondary N) is 1. The summed E-state index contributed by atoms with van der Waals surface area (Å²) in [4.78, 5) is 16.7. The first-order valence-electron chi connectivity index (χ1n) is 11.7. The van der Waals surface area contributed by atoms with E-state index in [0.29, 0.717) is 28.6 Å². The van der Waals surface area contributed by atoms with Gasteiger partial charge in [0, 0.05) is 29.2 Å². The third-order valence-corrected chi connectivity index (χ3v) is 7.09. The molecule has 0 spiro atoms. The topological polar surface area (TPSA) is 77.3 Å². The van der Waals surface area contributed by atoms with Gasteiger partial charge < -0.3 is 20.2 Å². The first kappa shape index (κ1) is 24.2. The van der Waals surface area contributed by atoms with Gasteiger partial charge in [-0.1, -0.05) is 66.7 Å². The summed E-state index contributed by atoms with van der Waals surface area (Å²) < 4.78 is 11.9. The number of anilines is 1. The second-order valence-electron chi connectivity index (χ2n) is 11.6. The molecule has 2 aromatic rings. The van der Waals surface area contributed by atoms with Crippen LogP contribution < -0.4 is 10.5 Å². The maximum absolute atomic E-state index is 13.7. The molecule has 1 heterocycles. The maximum Gasteiger partial charge on any atom is 0.342 e. The number of nitrogen functional groups attached to an aromatic ring is 1. The van der Waals surface area contributed by atoms with Gasteiger partial charge in [0.2, 0.25) is 0 Å². The summed E-state index contributed by atoms with van der Waals surface area (Å²) in [6.45, 7) is 15.8. The second kappa shape index (κ2) is 8.84. The molecule has 5 nitrogen and oxygen atoms in total. The Morgan fingerprint density at radius 3 is 2.09 bits per heavy atom. The quantitative estimate of drug-likeness (QED) is 0.528. The maximum atomic E-state index is 13.7. The summed E-state index contributed by atoms with van der Waals surface area (Å²) in [5, 5.41) is 0. The zero-order chi connectivity index (χ0) is 23.8. The van der Waals surface area contributed by atoms with Gasteiger partial charge in [0.05, 0.1) is 7.11 Å². The Hall–Kier alpha value is -2.43. The van der Waals surface area contributed by atoms with Gasteiger partial charge in [-0.25, -0.2) is 4.79 Å². The molecule has 176 valence electrons. The van der Waals surface area contributed by atoms with Gasteiger partial charge in [0.25, 0.3) is 0 Å². The molecule has 1 aliphatic carbocycles. The highest BCUT2D eigenvalue weighted by Gasteiger charge is 2.48. The predicted molar refractivity (Wildman–Crippen MR) is 131 cm³/mol. The molecule has 0 aliphatic heterocycles. The lowest BCUT2D eigenvalue weighted by molar-refractivity contribution is -0.0922. The number of H-pyrrole nitrogens is 1. The normalized spacial score (nSPS) is 24.2. The summed E-state index contributed by atoms with van der Waals surface area (Å²) in [6.07, 6.45) is 3.69. The molecule has 1 aromatic heterocycles. The molecule has 1 aliphatic rings. The van der Waals surface area contributed by atoms with Crippen molar-refractivity contribution in [2.24, 2.45) is 28.6 Å². The average Bonchev–Trinajstić information content (AvgIpc) is 3.08. The minimum absolute atomic E-state index is 0.0261. The van der Waals surface area contributed by atoms with Crippen LogP contribution in [0.5, 0.6) is 5.75 Å². The Morgan fingerprint density at radius 1 is 1.00 bits per heavy atom. The van der Waals surface area contributed by atoms with E-state index in [1.807, 2.05) is 24.3 Å². The first-order valence-corrected chi connectivity index (χ1v) is 11.7. The van der Waals surface area contributed by atoms with Gasteiger partial charge in [0.1, 0.15) is 23.2 Å². The van der Waals surface area contributed by atoms with Crippen molar-refractivity contribution in [3.63, 3.8) is 0 Å². The second-order valence-corrected chi connectivity index (χ2v) is 11.6. The van der Waals surface area contributed by atoms with E-state index in [1.54, 1.807) is 13.3 Å². The van der Waals surface area contributed by atoms with Gasteiger partial charge in [-0.15, -0.1) is 0 Å². The number of aromatic amines is 1. The Labute approximate surface area is 193 Å². The molecule has 1 saturated carbocycles. The largest absolute Gasteiger partial charge is 0.496 e. The van der Waals surface area contributed by atoms with Crippen LogP contribution >= 0.6 is 0 Å². The Balaban J connectivity index is 2.02. The highest BCUT2D eigenvalue weighted by Crippen LogP contribution is 2.50. The van der Waals surface area contributed by atoms with E-state index in [0.717, 1.165) is 18.4 Å². The number of para-hydroxylation sites is 1. The van der Waals surface area contributed by atoms with Gasteiger partial charge in [0.15, 0.2) is 0 Å². The first-order chi connectivity index (χ1) is 14.8. The van der Waals surface area contributed by atoms with Gasteiger partial charge in [-0.05, 0) is 35.7 Å². The lowest BCUT2D eigenvalue weighted by Gasteiger charge is -2.50. The van der Waals surface area contributed by atoms with Crippen LogP contribution in [0.25, 0.3) is 11.1 Å². The number of ether oxygens (including phenoxy) is 2. The number of methoxy groups -OCH3 is 1. The molecule has 3 N–H and O–H groups in total. The number of carbonyl (C=O) groups excluding carboxylic acids is 1. The SMILES string of the molecule is COc1ccccc1-c1c[nH]c(N)c1C(=O)OC1C(C(C)(C)C)CC(C)CC1C(C)(C)C. The van der Waals surface area contributed by atoms with Crippen molar-refractivity contribution in [3.05, 3.63) is 36.0 Å². The van der Waals surface area contributed by atoms with Crippen LogP contribution in [0.2, 0.25) is 0 Å². The fourth-order valence-corrected chi connectivity index (χ4v) is 5.29. The number of benzene rings is 1. The molecule has 5 heteroatoms. The highest BCUT2D eigenvalue weighted by atomic mass is 16.5. The van der Waals surface area contributed by atoms with E-state index in [4.69, 9.17) is 15.2 Å². The summed E-state index contributed by atoms with van der Waals surface area (Å²) in [5.41, 5.74) is 8.19. The van der Waals surface area contributed by atoms with Gasteiger partial charge in [-0.3, -0.25) is 0 Å². The zero-order valence-electron chi connectivity index (χ0n) is 20.9. The number of nitrogens with two attached hydrogens (primary N) is 1. The highest BCUT2D eigenvalue weighted by molar-refractivity contribution is 6.02. The average molecular weight is 441 g/mol. The molecule has 3 rings (SSSR count). The number of aromatic nitrogens is 1. The number of hydrogen-bond acceptors (Lipinski definition) is 4. The van der Waals surface area contributed by atoms with E-state index in [9.17, 15) is 4.79 Å². The van der Waals surface area contributed by atoms with Crippen molar-refractivity contribution in [2.45, 2.75) is 67.4 Å². The van der Waals surface area contributed by atoms with Crippen molar-refractivity contribution in [1.82, 2.24) is 4.98 Å². The van der Waals surface area contributed by atoms with E-state index in [1.165, 1.54) is 0 Å². The summed E-state index contributed by atoms with van der Waals surface area (Å²) in [5.74, 6) is 1.78. The van der Waals surface area contributed by atoms with Crippen molar-refractivity contribution in [1.29, 1.82) is 0 Å².